The molecule has 8 heteroatoms. The summed E-state index contributed by atoms with van der Waals surface area (Å²) in [6.45, 7) is 1.98. The first-order chi connectivity index (χ1) is 12.8. The summed E-state index contributed by atoms with van der Waals surface area (Å²) in [4.78, 5) is 24.7. The minimum Gasteiger partial charge on any atom is -0.352 e. The van der Waals surface area contributed by atoms with Crippen molar-refractivity contribution >= 4 is 39.1 Å². The summed E-state index contributed by atoms with van der Waals surface area (Å²) in [6, 6.07) is 14.0. The second-order valence-electron chi connectivity index (χ2n) is 6.44. The number of amides is 2. The number of benzene rings is 2. The van der Waals surface area contributed by atoms with E-state index >= 15 is 0 Å². The molecule has 3 rings (SSSR count). The lowest BCUT2D eigenvalue weighted by molar-refractivity contribution is -0.119. The summed E-state index contributed by atoms with van der Waals surface area (Å²) in [5.74, 6) is -1.82. The maximum absolute atomic E-state index is 12.4. The number of hydrogen-bond acceptors (Lipinski definition) is 4. The van der Waals surface area contributed by atoms with E-state index < -0.39 is 21.8 Å². The summed E-state index contributed by atoms with van der Waals surface area (Å²) < 4.78 is 25.3. The smallest absolute Gasteiger partial charge is 0.251 e. The van der Waals surface area contributed by atoms with Gasteiger partial charge in [-0.3, -0.25) is 9.59 Å². The van der Waals surface area contributed by atoms with Crippen LogP contribution in [0.3, 0.4) is 0 Å². The molecule has 2 amide bonds. The maximum Gasteiger partial charge on any atom is 0.251 e. The first-order valence-electron chi connectivity index (χ1n) is 8.48. The van der Waals surface area contributed by atoms with Crippen molar-refractivity contribution in [3.63, 3.8) is 0 Å². The van der Waals surface area contributed by atoms with Crippen molar-refractivity contribution < 1.29 is 18.0 Å². The monoisotopic (exact) mass is 406 g/mol. The number of hydrogen-bond donors (Lipinski definition) is 1. The van der Waals surface area contributed by atoms with Gasteiger partial charge in [-0.15, -0.1) is 0 Å². The Morgan fingerprint density at radius 3 is 2.56 bits per heavy atom. The molecule has 142 valence electrons. The molecule has 1 heterocycles. The highest BCUT2D eigenvalue weighted by molar-refractivity contribution is 7.94. The van der Waals surface area contributed by atoms with Gasteiger partial charge in [0.05, 0.1) is 22.4 Å². The number of rotatable bonds is 5. The summed E-state index contributed by atoms with van der Waals surface area (Å²) in [5, 5.41) is 2.89. The van der Waals surface area contributed by atoms with E-state index in [1.807, 2.05) is 30.3 Å². The molecule has 1 fully saturated rings. The minimum atomic E-state index is -3.79. The zero-order chi connectivity index (χ0) is 19.6. The molecule has 1 atom stereocenters. The van der Waals surface area contributed by atoms with Crippen molar-refractivity contribution in [2.75, 3.05) is 16.6 Å². The second-order valence-corrected chi connectivity index (χ2v) is 8.71. The van der Waals surface area contributed by atoms with Gasteiger partial charge in [-0.05, 0) is 30.2 Å². The Kier molecular flexibility index (Phi) is 5.53. The van der Waals surface area contributed by atoms with E-state index in [4.69, 9.17) is 11.6 Å². The van der Waals surface area contributed by atoms with Crippen molar-refractivity contribution in [3.8, 4) is 0 Å². The van der Waals surface area contributed by atoms with Gasteiger partial charge in [0.2, 0.25) is 15.9 Å². The second kappa shape index (κ2) is 7.70. The van der Waals surface area contributed by atoms with Gasteiger partial charge < -0.3 is 5.32 Å². The Hall–Kier alpha value is -2.38. The molecule has 6 nitrogen and oxygen atoms in total. The zero-order valence-corrected chi connectivity index (χ0v) is 16.3. The van der Waals surface area contributed by atoms with Crippen LogP contribution in [-0.2, 0) is 21.2 Å². The van der Waals surface area contributed by atoms with Crippen molar-refractivity contribution in [2.45, 2.75) is 13.3 Å². The third-order valence-corrected chi connectivity index (χ3v) is 6.50. The van der Waals surface area contributed by atoms with Crippen LogP contribution in [0.4, 0.5) is 5.69 Å². The quantitative estimate of drug-likeness (QED) is 0.827. The van der Waals surface area contributed by atoms with Crippen LogP contribution in [0.5, 0.6) is 0 Å². The van der Waals surface area contributed by atoms with Gasteiger partial charge in [-0.25, -0.2) is 12.7 Å². The van der Waals surface area contributed by atoms with E-state index in [9.17, 15) is 18.0 Å². The fourth-order valence-corrected chi connectivity index (χ4v) is 5.02. The number of nitrogens with zero attached hydrogens (tertiary/aromatic N) is 1. The lowest BCUT2D eigenvalue weighted by atomic mass is 10.1. The van der Waals surface area contributed by atoms with Crippen LogP contribution in [0, 0.1) is 5.92 Å². The molecule has 1 aliphatic heterocycles. The molecule has 1 N–H and O–H groups in total. The number of carbonyl (C=O) groups is 2. The van der Waals surface area contributed by atoms with Crippen LogP contribution >= 0.6 is 11.6 Å². The maximum atomic E-state index is 12.4. The standard InChI is InChI=1S/C19H19ClN2O4S/c1-13-12-27(25,26)22(19(13)24)17-11-15(7-8-16(17)20)18(23)21-10-9-14-5-3-2-4-6-14/h2-8,11,13H,9-10,12H2,1H3,(H,21,23). The van der Waals surface area contributed by atoms with Gasteiger partial charge >= 0.3 is 0 Å². The van der Waals surface area contributed by atoms with E-state index in [0.29, 0.717) is 17.3 Å². The van der Waals surface area contributed by atoms with Gasteiger partial charge in [0.1, 0.15) is 0 Å². The molecule has 2 aromatic rings. The van der Waals surface area contributed by atoms with Crippen LogP contribution < -0.4 is 9.62 Å². The highest BCUT2D eigenvalue weighted by Gasteiger charge is 2.42. The molecule has 27 heavy (non-hydrogen) atoms. The zero-order valence-electron chi connectivity index (χ0n) is 14.7. The molecule has 0 spiro atoms. The van der Waals surface area contributed by atoms with Crippen LogP contribution in [0.15, 0.2) is 48.5 Å². The molecule has 0 saturated carbocycles. The Balaban J connectivity index is 1.77. The van der Waals surface area contributed by atoms with Gasteiger partial charge in [0.25, 0.3) is 5.91 Å². The third kappa shape index (κ3) is 4.14. The molecule has 0 aromatic heterocycles. The molecule has 0 aliphatic carbocycles. The normalized spacial score (nSPS) is 18.5. The SMILES string of the molecule is CC1CS(=O)(=O)N(c2cc(C(=O)NCCc3ccccc3)ccc2Cl)C1=O. The first kappa shape index (κ1) is 19.4. The van der Waals surface area contributed by atoms with E-state index in [0.717, 1.165) is 5.56 Å². The van der Waals surface area contributed by atoms with Crippen LogP contribution in [-0.4, -0.2) is 32.5 Å². The number of anilines is 1. The molecule has 1 saturated heterocycles. The number of halogens is 1. The lowest BCUT2D eigenvalue weighted by Gasteiger charge is -2.17. The van der Waals surface area contributed by atoms with Crippen LogP contribution in [0.2, 0.25) is 5.02 Å². The molecule has 0 radical (unpaired) electrons. The third-order valence-electron chi connectivity index (χ3n) is 4.33. The largest absolute Gasteiger partial charge is 0.352 e. The summed E-state index contributed by atoms with van der Waals surface area (Å²) in [6.07, 6.45) is 0.670. The highest BCUT2D eigenvalue weighted by Crippen LogP contribution is 2.34. The molecule has 1 aliphatic rings. The highest BCUT2D eigenvalue weighted by atomic mass is 35.5. The fraction of sp³-hybridized carbons (Fsp3) is 0.263. The van der Waals surface area contributed by atoms with E-state index in [2.05, 4.69) is 5.32 Å². The average Bonchev–Trinajstić information content (AvgIpc) is 2.83. The van der Waals surface area contributed by atoms with Gasteiger partial charge in [0, 0.05) is 12.1 Å². The Bertz CT molecular complexity index is 976. The van der Waals surface area contributed by atoms with Crippen molar-refractivity contribution in [2.24, 2.45) is 5.92 Å². The topological polar surface area (TPSA) is 83.6 Å². The molecule has 1 unspecified atom stereocenters. The predicted molar refractivity (Wildman–Crippen MR) is 104 cm³/mol. The summed E-state index contributed by atoms with van der Waals surface area (Å²) in [7, 11) is -3.79. The van der Waals surface area contributed by atoms with Crippen LogP contribution in [0.1, 0.15) is 22.8 Å². The van der Waals surface area contributed by atoms with E-state index in [1.165, 1.54) is 18.2 Å². The van der Waals surface area contributed by atoms with Crippen molar-refractivity contribution in [1.82, 2.24) is 5.32 Å². The molecule has 0 bridgehead atoms. The minimum absolute atomic E-state index is 0.0155. The molecule has 2 aromatic carbocycles. The van der Waals surface area contributed by atoms with Crippen molar-refractivity contribution in [1.29, 1.82) is 0 Å². The van der Waals surface area contributed by atoms with E-state index in [1.54, 1.807) is 6.92 Å². The number of carbonyl (C=O) groups excluding carboxylic acids is 2. The molecular weight excluding hydrogens is 388 g/mol. The van der Waals surface area contributed by atoms with Gasteiger partial charge in [-0.1, -0.05) is 48.9 Å². The van der Waals surface area contributed by atoms with Gasteiger partial charge in [0.15, 0.2) is 0 Å². The van der Waals surface area contributed by atoms with E-state index in [-0.39, 0.29) is 27.9 Å². The Morgan fingerprint density at radius 2 is 1.93 bits per heavy atom. The number of nitrogens with one attached hydrogen (secondary N) is 1. The summed E-state index contributed by atoms with van der Waals surface area (Å²) in [5.41, 5.74) is 1.35. The fourth-order valence-electron chi connectivity index (χ4n) is 2.94. The van der Waals surface area contributed by atoms with Crippen molar-refractivity contribution in [3.05, 3.63) is 64.7 Å². The number of sulfonamides is 1. The Morgan fingerprint density at radius 1 is 1.22 bits per heavy atom. The molecular formula is C19H19ClN2O4S. The first-order valence-corrected chi connectivity index (χ1v) is 10.5. The summed E-state index contributed by atoms with van der Waals surface area (Å²) >= 11 is 6.12. The van der Waals surface area contributed by atoms with Gasteiger partial charge in [-0.2, -0.15) is 0 Å². The average molecular weight is 407 g/mol. The lowest BCUT2D eigenvalue weighted by Crippen LogP contribution is -2.31. The predicted octanol–water partition coefficient (Wildman–Crippen LogP) is 2.63. The Labute approximate surface area is 163 Å². The van der Waals surface area contributed by atoms with Crippen LogP contribution in [0.25, 0.3) is 0 Å².